The lowest BCUT2D eigenvalue weighted by atomic mass is 10.1. The maximum absolute atomic E-state index is 13.0. The van der Waals surface area contributed by atoms with Gasteiger partial charge in [-0.05, 0) is 54.5 Å². The molecule has 1 fully saturated rings. The van der Waals surface area contributed by atoms with Gasteiger partial charge in [0.1, 0.15) is 11.5 Å². The third-order valence-corrected chi connectivity index (χ3v) is 6.56. The summed E-state index contributed by atoms with van der Waals surface area (Å²) in [5, 5.41) is 0.488. The quantitative estimate of drug-likeness (QED) is 0.193. The van der Waals surface area contributed by atoms with E-state index in [0.29, 0.717) is 33.2 Å². The first-order valence-electron chi connectivity index (χ1n) is 10.5. The van der Waals surface area contributed by atoms with Gasteiger partial charge in [0.2, 0.25) is 0 Å². The van der Waals surface area contributed by atoms with Crippen molar-refractivity contribution >= 4 is 57.6 Å². The number of benzene rings is 3. The second-order valence-electron chi connectivity index (χ2n) is 7.36. The predicted molar refractivity (Wildman–Crippen MR) is 140 cm³/mol. The summed E-state index contributed by atoms with van der Waals surface area (Å²) in [6, 6.07) is 22.9. The van der Waals surface area contributed by atoms with Crippen molar-refractivity contribution in [3.63, 3.8) is 0 Å². The molecule has 1 heterocycles. The Kier molecular flexibility index (Phi) is 7.70. The van der Waals surface area contributed by atoms with E-state index in [1.54, 1.807) is 17.0 Å². The van der Waals surface area contributed by atoms with Gasteiger partial charge < -0.3 is 9.47 Å². The molecule has 0 unspecified atom stereocenters. The van der Waals surface area contributed by atoms with E-state index in [1.165, 1.54) is 11.8 Å². The summed E-state index contributed by atoms with van der Waals surface area (Å²) in [7, 11) is 0. The molecule has 1 amide bonds. The highest BCUT2D eigenvalue weighted by Gasteiger charge is 2.33. The van der Waals surface area contributed by atoms with E-state index in [1.807, 2.05) is 73.7 Å². The van der Waals surface area contributed by atoms with Crippen LogP contribution in [0.25, 0.3) is 6.08 Å². The smallest absolute Gasteiger partial charge is 0.270 e. The molecular weight excluding hydrogens is 474 g/mol. The van der Waals surface area contributed by atoms with E-state index in [0.717, 1.165) is 29.0 Å². The third-order valence-electron chi connectivity index (χ3n) is 4.96. The van der Waals surface area contributed by atoms with Gasteiger partial charge in [-0.1, -0.05) is 78.0 Å². The Bertz CT molecular complexity index is 1200. The summed E-state index contributed by atoms with van der Waals surface area (Å²) in [5.74, 6) is 1.31. The van der Waals surface area contributed by atoms with Crippen LogP contribution in [0.15, 0.2) is 77.7 Å². The number of thiocarbonyl (C=S) groups is 1. The molecule has 0 N–H and O–H groups in total. The second kappa shape index (κ2) is 10.9. The van der Waals surface area contributed by atoms with Gasteiger partial charge in [-0.15, -0.1) is 0 Å². The van der Waals surface area contributed by atoms with Crippen molar-refractivity contribution in [1.29, 1.82) is 0 Å². The molecule has 4 rings (SSSR count). The average Bonchev–Trinajstić information content (AvgIpc) is 3.08. The molecule has 168 valence electrons. The number of hydrogen-bond acceptors (Lipinski definition) is 5. The van der Waals surface area contributed by atoms with Crippen molar-refractivity contribution in [3.8, 4) is 11.5 Å². The lowest BCUT2D eigenvalue weighted by Gasteiger charge is -2.16. The fraction of sp³-hybridized carbons (Fsp3) is 0.154. The molecule has 0 aromatic heterocycles. The van der Waals surface area contributed by atoms with Crippen molar-refractivity contribution in [2.75, 3.05) is 18.1 Å². The number of hydrogen-bond donors (Lipinski definition) is 0. The van der Waals surface area contributed by atoms with E-state index in [9.17, 15) is 4.79 Å². The molecule has 3 aromatic carbocycles. The van der Waals surface area contributed by atoms with Crippen LogP contribution in [0.5, 0.6) is 11.5 Å². The van der Waals surface area contributed by atoms with E-state index in [-0.39, 0.29) is 5.91 Å². The van der Waals surface area contributed by atoms with E-state index in [4.69, 9.17) is 33.3 Å². The molecule has 7 heteroatoms. The normalized spacial score (nSPS) is 14.7. The molecule has 1 aliphatic heterocycles. The van der Waals surface area contributed by atoms with Crippen molar-refractivity contribution in [1.82, 2.24) is 0 Å². The van der Waals surface area contributed by atoms with Crippen molar-refractivity contribution in [3.05, 3.63) is 93.9 Å². The second-order valence-corrected chi connectivity index (χ2v) is 9.44. The van der Waals surface area contributed by atoms with Crippen LogP contribution in [-0.2, 0) is 4.79 Å². The maximum atomic E-state index is 13.0. The standard InChI is InChI=1S/C26H22ClNO3S2/c1-18-8-5-6-11-22(18)28-25(29)24(33-26(28)32)17-19-12-13-23(21(27)16-19)31-15-7-14-30-20-9-3-2-4-10-20/h2-6,8-13,16-17H,7,14-15H2,1H3/b24-17-. The molecule has 33 heavy (non-hydrogen) atoms. The number of carbonyl (C=O) groups is 1. The van der Waals surface area contributed by atoms with Gasteiger partial charge in [0.25, 0.3) is 5.91 Å². The molecule has 0 bridgehead atoms. The maximum Gasteiger partial charge on any atom is 0.270 e. The largest absolute Gasteiger partial charge is 0.493 e. The zero-order valence-corrected chi connectivity index (χ0v) is 20.4. The van der Waals surface area contributed by atoms with Gasteiger partial charge in [0, 0.05) is 6.42 Å². The number of anilines is 1. The summed E-state index contributed by atoms with van der Waals surface area (Å²) in [4.78, 5) is 15.2. The first-order chi connectivity index (χ1) is 16.0. The van der Waals surface area contributed by atoms with Crippen LogP contribution in [0.2, 0.25) is 5.02 Å². The van der Waals surface area contributed by atoms with Gasteiger partial charge in [-0.2, -0.15) is 0 Å². The Morgan fingerprint density at radius 1 is 1.00 bits per heavy atom. The predicted octanol–water partition coefficient (Wildman–Crippen LogP) is 6.90. The van der Waals surface area contributed by atoms with Crippen LogP contribution in [0.3, 0.4) is 0 Å². The molecule has 3 aromatic rings. The van der Waals surface area contributed by atoms with Crippen LogP contribution in [-0.4, -0.2) is 23.4 Å². The zero-order valence-electron chi connectivity index (χ0n) is 18.0. The molecule has 0 radical (unpaired) electrons. The monoisotopic (exact) mass is 495 g/mol. The van der Waals surface area contributed by atoms with Crippen molar-refractivity contribution in [2.45, 2.75) is 13.3 Å². The molecule has 0 atom stereocenters. The number of rotatable bonds is 8. The summed E-state index contributed by atoms with van der Waals surface area (Å²) in [6.07, 6.45) is 2.54. The number of amides is 1. The summed E-state index contributed by atoms with van der Waals surface area (Å²) >= 11 is 13.2. The molecular formula is C26H22ClNO3S2. The van der Waals surface area contributed by atoms with E-state index < -0.39 is 0 Å². The molecule has 0 saturated carbocycles. The summed E-state index contributed by atoms with van der Waals surface area (Å²) in [6.45, 7) is 3.01. The van der Waals surface area contributed by atoms with Crippen molar-refractivity contribution < 1.29 is 14.3 Å². The lowest BCUT2D eigenvalue weighted by Crippen LogP contribution is -2.28. The van der Waals surface area contributed by atoms with E-state index >= 15 is 0 Å². The van der Waals surface area contributed by atoms with Gasteiger partial charge in [0.05, 0.1) is 28.8 Å². The topological polar surface area (TPSA) is 38.8 Å². The lowest BCUT2D eigenvalue weighted by molar-refractivity contribution is -0.113. The number of halogens is 1. The molecule has 1 saturated heterocycles. The Morgan fingerprint density at radius 2 is 1.73 bits per heavy atom. The van der Waals surface area contributed by atoms with Gasteiger partial charge in [0.15, 0.2) is 4.32 Å². The van der Waals surface area contributed by atoms with Gasteiger partial charge in [-0.3, -0.25) is 9.69 Å². The summed E-state index contributed by atoms with van der Waals surface area (Å²) < 4.78 is 12.0. The van der Waals surface area contributed by atoms with Crippen LogP contribution >= 0.6 is 35.6 Å². The zero-order chi connectivity index (χ0) is 23.2. The van der Waals surface area contributed by atoms with E-state index in [2.05, 4.69) is 0 Å². The molecule has 1 aliphatic rings. The number of aryl methyl sites for hydroxylation is 1. The number of thioether (sulfide) groups is 1. The minimum atomic E-state index is -0.130. The minimum Gasteiger partial charge on any atom is -0.493 e. The highest BCUT2D eigenvalue weighted by atomic mass is 35.5. The highest BCUT2D eigenvalue weighted by molar-refractivity contribution is 8.27. The Morgan fingerprint density at radius 3 is 2.48 bits per heavy atom. The van der Waals surface area contributed by atoms with Crippen LogP contribution in [0.4, 0.5) is 5.69 Å². The van der Waals surface area contributed by atoms with Gasteiger partial charge in [-0.25, -0.2) is 0 Å². The first-order valence-corrected chi connectivity index (χ1v) is 12.1. The summed E-state index contributed by atoms with van der Waals surface area (Å²) in [5.41, 5.74) is 2.61. The van der Waals surface area contributed by atoms with Crippen LogP contribution in [0, 0.1) is 6.92 Å². The van der Waals surface area contributed by atoms with Gasteiger partial charge >= 0.3 is 0 Å². The minimum absolute atomic E-state index is 0.130. The number of nitrogens with zero attached hydrogens (tertiary/aromatic N) is 1. The Hall–Kier alpha value is -2.80. The first kappa shape index (κ1) is 23.4. The third kappa shape index (κ3) is 5.77. The fourth-order valence-corrected chi connectivity index (χ4v) is 4.84. The average molecular weight is 496 g/mol. The molecule has 0 spiro atoms. The Labute approximate surface area is 208 Å². The highest BCUT2D eigenvalue weighted by Crippen LogP contribution is 2.37. The Balaban J connectivity index is 1.36. The number of para-hydroxylation sites is 2. The number of ether oxygens (including phenoxy) is 2. The van der Waals surface area contributed by atoms with Crippen molar-refractivity contribution in [2.24, 2.45) is 0 Å². The van der Waals surface area contributed by atoms with Crippen LogP contribution in [0.1, 0.15) is 17.5 Å². The SMILES string of the molecule is Cc1ccccc1N1C(=O)/C(=C/c2ccc(OCCCOc3ccccc3)c(Cl)c2)SC1=S. The number of carbonyl (C=O) groups excluding carboxylic acids is 1. The molecule has 0 aliphatic carbocycles. The van der Waals surface area contributed by atoms with Crippen LogP contribution < -0.4 is 14.4 Å². The fourth-order valence-electron chi connectivity index (χ4n) is 3.31. The molecule has 4 nitrogen and oxygen atoms in total.